The van der Waals surface area contributed by atoms with E-state index in [2.05, 4.69) is 0 Å². The molecule has 0 bridgehead atoms. The van der Waals surface area contributed by atoms with Crippen LogP contribution >= 0.6 is 0 Å². The van der Waals surface area contributed by atoms with Crippen molar-refractivity contribution >= 4 is 17.7 Å². The molecule has 1 saturated heterocycles. The molecule has 2 rings (SSSR count). The number of carbonyl (C=O) groups excluding carboxylic acids is 2. The summed E-state index contributed by atoms with van der Waals surface area (Å²) in [6.45, 7) is 0.397. The van der Waals surface area contributed by atoms with Crippen LogP contribution < -0.4 is 0 Å². The Hall–Kier alpha value is -1.39. The fourth-order valence-corrected chi connectivity index (χ4v) is 2.95. The molecule has 1 saturated carbocycles. The second-order valence-corrected chi connectivity index (χ2v) is 5.19. The number of nitrogens with zero attached hydrogens (tertiary/aromatic N) is 1. The van der Waals surface area contributed by atoms with Crippen LogP contribution in [0.3, 0.4) is 0 Å². The topological polar surface area (TPSA) is 74.7 Å². The Balaban J connectivity index is 2.01. The van der Waals surface area contributed by atoms with Crippen LogP contribution in [-0.4, -0.2) is 40.3 Å². The van der Waals surface area contributed by atoms with Crippen LogP contribution in [0.5, 0.6) is 0 Å². The zero-order valence-electron chi connectivity index (χ0n) is 10.4. The Morgan fingerprint density at radius 1 is 0.944 bits per heavy atom. The monoisotopic (exact) mass is 253 g/mol. The average Bonchev–Trinajstić information content (AvgIpc) is 2.87. The molecule has 1 atom stereocenters. The molecule has 1 amide bonds. The van der Waals surface area contributed by atoms with Crippen molar-refractivity contribution in [1.82, 2.24) is 4.90 Å². The highest BCUT2D eigenvalue weighted by molar-refractivity contribution is 6.37. The molecule has 0 spiro atoms. The molecule has 5 heteroatoms. The molecule has 1 N–H and O–H groups in total. The Morgan fingerprint density at radius 3 is 2.22 bits per heavy atom. The number of Topliss-reactive ketones (excluding diaryl/α,β-unsaturated/α-hetero) is 1. The molecule has 2 aliphatic rings. The Bertz CT molecular complexity index is 360. The van der Waals surface area contributed by atoms with E-state index in [-0.39, 0.29) is 11.7 Å². The second-order valence-electron chi connectivity index (χ2n) is 5.19. The number of ketones is 1. The molecular weight excluding hydrogens is 234 g/mol. The first-order chi connectivity index (χ1) is 8.61. The van der Waals surface area contributed by atoms with Crippen LogP contribution in [0.15, 0.2) is 0 Å². The molecule has 0 aromatic rings. The van der Waals surface area contributed by atoms with E-state index in [9.17, 15) is 14.4 Å². The molecular formula is C13H19NO4. The van der Waals surface area contributed by atoms with Crippen molar-refractivity contribution in [3.05, 3.63) is 0 Å². The molecule has 2 fully saturated rings. The van der Waals surface area contributed by atoms with E-state index in [0.29, 0.717) is 19.4 Å². The van der Waals surface area contributed by atoms with Gasteiger partial charge in [0.05, 0.1) is 0 Å². The highest BCUT2D eigenvalue weighted by Gasteiger charge is 2.38. The van der Waals surface area contributed by atoms with Gasteiger partial charge in [-0.25, -0.2) is 4.79 Å². The maximum atomic E-state index is 12.1. The molecule has 18 heavy (non-hydrogen) atoms. The number of carboxylic acid groups (broad SMARTS) is 1. The smallest absolute Gasteiger partial charge is 0.326 e. The normalized spacial score (nSPS) is 25.1. The van der Waals surface area contributed by atoms with Gasteiger partial charge in [-0.2, -0.15) is 0 Å². The van der Waals surface area contributed by atoms with Crippen molar-refractivity contribution in [3.8, 4) is 0 Å². The molecule has 0 radical (unpaired) electrons. The van der Waals surface area contributed by atoms with Crippen molar-refractivity contribution in [2.24, 2.45) is 5.92 Å². The fraction of sp³-hybridized carbons (Fsp3) is 0.769. The average molecular weight is 253 g/mol. The highest BCUT2D eigenvalue weighted by Crippen LogP contribution is 2.26. The zero-order chi connectivity index (χ0) is 13.1. The van der Waals surface area contributed by atoms with Gasteiger partial charge in [-0.3, -0.25) is 9.59 Å². The quantitative estimate of drug-likeness (QED) is 0.767. The molecule has 0 unspecified atom stereocenters. The molecule has 0 aromatic carbocycles. The third kappa shape index (κ3) is 2.54. The molecule has 1 aliphatic carbocycles. The standard InChI is InChI=1S/C13H19NO4/c15-11(9-5-2-1-3-6-9)12(16)14-8-4-7-10(14)13(17)18/h9-10H,1-8H2,(H,17,18)/t10-/m0/s1. The number of carboxylic acids is 1. The fourth-order valence-electron chi connectivity index (χ4n) is 2.95. The van der Waals surface area contributed by atoms with Gasteiger partial charge in [0.25, 0.3) is 5.91 Å². The van der Waals surface area contributed by atoms with E-state index in [4.69, 9.17) is 5.11 Å². The number of carbonyl (C=O) groups is 3. The third-order valence-electron chi connectivity index (χ3n) is 3.99. The minimum Gasteiger partial charge on any atom is -0.480 e. The Labute approximate surface area is 106 Å². The van der Waals surface area contributed by atoms with E-state index in [1.54, 1.807) is 0 Å². The zero-order valence-corrected chi connectivity index (χ0v) is 10.4. The van der Waals surface area contributed by atoms with Gasteiger partial charge >= 0.3 is 5.97 Å². The summed E-state index contributed by atoms with van der Waals surface area (Å²) in [6.07, 6.45) is 5.78. The van der Waals surface area contributed by atoms with Gasteiger partial charge in [0.15, 0.2) is 0 Å². The molecule has 0 aromatic heterocycles. The van der Waals surface area contributed by atoms with Crippen molar-refractivity contribution in [3.63, 3.8) is 0 Å². The molecule has 5 nitrogen and oxygen atoms in total. The van der Waals surface area contributed by atoms with Crippen molar-refractivity contribution in [2.45, 2.75) is 51.0 Å². The maximum Gasteiger partial charge on any atom is 0.326 e. The van der Waals surface area contributed by atoms with Gasteiger partial charge in [0.1, 0.15) is 6.04 Å². The molecule has 1 heterocycles. The van der Waals surface area contributed by atoms with Crippen LogP contribution in [0, 0.1) is 5.92 Å². The van der Waals surface area contributed by atoms with Gasteiger partial charge in [0, 0.05) is 12.5 Å². The van der Waals surface area contributed by atoms with E-state index >= 15 is 0 Å². The van der Waals surface area contributed by atoms with E-state index in [1.807, 2.05) is 0 Å². The van der Waals surface area contributed by atoms with E-state index in [0.717, 1.165) is 32.1 Å². The number of amides is 1. The summed E-state index contributed by atoms with van der Waals surface area (Å²) in [7, 11) is 0. The summed E-state index contributed by atoms with van der Waals surface area (Å²) in [5, 5.41) is 9.02. The van der Waals surface area contributed by atoms with Crippen molar-refractivity contribution < 1.29 is 19.5 Å². The second kappa shape index (κ2) is 5.50. The Morgan fingerprint density at radius 2 is 1.61 bits per heavy atom. The first kappa shape index (κ1) is 13.1. The lowest BCUT2D eigenvalue weighted by Gasteiger charge is -2.25. The summed E-state index contributed by atoms with van der Waals surface area (Å²) in [6, 6.07) is -0.801. The largest absolute Gasteiger partial charge is 0.480 e. The summed E-state index contributed by atoms with van der Waals surface area (Å²) >= 11 is 0. The van der Waals surface area contributed by atoms with Crippen LogP contribution in [-0.2, 0) is 14.4 Å². The van der Waals surface area contributed by atoms with Crippen molar-refractivity contribution in [1.29, 1.82) is 0 Å². The first-order valence-corrected chi connectivity index (χ1v) is 6.69. The lowest BCUT2D eigenvalue weighted by molar-refractivity contribution is -0.153. The summed E-state index contributed by atoms with van der Waals surface area (Å²) in [4.78, 5) is 36.4. The number of likely N-dealkylation sites (tertiary alicyclic amines) is 1. The lowest BCUT2D eigenvalue weighted by atomic mass is 9.86. The summed E-state index contributed by atoms with van der Waals surface area (Å²) in [5.41, 5.74) is 0. The minimum atomic E-state index is -1.00. The third-order valence-corrected chi connectivity index (χ3v) is 3.99. The van der Waals surface area contributed by atoms with Crippen LogP contribution in [0.25, 0.3) is 0 Å². The number of rotatable bonds is 3. The maximum absolute atomic E-state index is 12.1. The number of aliphatic carboxylic acids is 1. The van der Waals surface area contributed by atoms with Gasteiger partial charge < -0.3 is 10.0 Å². The minimum absolute atomic E-state index is 0.179. The van der Waals surface area contributed by atoms with Crippen molar-refractivity contribution in [2.75, 3.05) is 6.54 Å². The predicted molar refractivity (Wildman–Crippen MR) is 64.0 cm³/mol. The van der Waals surface area contributed by atoms with Gasteiger partial charge in [-0.05, 0) is 25.7 Å². The number of hydrogen-bond acceptors (Lipinski definition) is 3. The highest BCUT2D eigenvalue weighted by atomic mass is 16.4. The van der Waals surface area contributed by atoms with Gasteiger partial charge in [0.2, 0.25) is 5.78 Å². The Kier molecular flexibility index (Phi) is 3.99. The molecule has 1 aliphatic heterocycles. The SMILES string of the molecule is O=C(C(=O)N1CCC[C@H]1C(=O)O)C1CCCCC1. The van der Waals surface area contributed by atoms with E-state index in [1.165, 1.54) is 4.90 Å². The summed E-state index contributed by atoms with van der Waals surface area (Å²) < 4.78 is 0. The van der Waals surface area contributed by atoms with Crippen LogP contribution in [0.2, 0.25) is 0 Å². The molecule has 100 valence electrons. The first-order valence-electron chi connectivity index (χ1n) is 6.69. The lowest BCUT2D eigenvalue weighted by Crippen LogP contribution is -2.45. The van der Waals surface area contributed by atoms with Gasteiger partial charge in [-0.15, -0.1) is 0 Å². The predicted octanol–water partition coefficient (Wildman–Crippen LogP) is 1.21. The summed E-state index contributed by atoms with van der Waals surface area (Å²) in [5.74, 6) is -2.13. The van der Waals surface area contributed by atoms with E-state index < -0.39 is 17.9 Å². The number of hydrogen-bond donors (Lipinski definition) is 1. The van der Waals surface area contributed by atoms with Gasteiger partial charge in [-0.1, -0.05) is 19.3 Å². The van der Waals surface area contributed by atoms with Crippen LogP contribution in [0.1, 0.15) is 44.9 Å². The van der Waals surface area contributed by atoms with Crippen LogP contribution in [0.4, 0.5) is 0 Å².